The van der Waals surface area contributed by atoms with Gasteiger partial charge in [-0.05, 0) is 32.5 Å². The molecule has 1 aromatic carbocycles. The van der Waals surface area contributed by atoms with E-state index in [2.05, 4.69) is 0 Å². The van der Waals surface area contributed by atoms with Crippen LogP contribution in [0.15, 0.2) is 24.3 Å². The molecule has 5 heteroatoms. The number of carboxylic acid groups (broad SMARTS) is 1. The van der Waals surface area contributed by atoms with Gasteiger partial charge in [-0.1, -0.05) is 17.7 Å². The van der Waals surface area contributed by atoms with Gasteiger partial charge in [0.2, 0.25) is 5.91 Å². The number of amides is 1. The molecule has 0 unspecified atom stereocenters. The summed E-state index contributed by atoms with van der Waals surface area (Å²) in [6.45, 7) is 3.09. The molecule has 1 aromatic rings. The lowest BCUT2D eigenvalue weighted by Gasteiger charge is -2.23. The molecule has 1 aliphatic rings. The number of hydrogen-bond donors (Lipinski definition) is 1. The Balaban J connectivity index is 2.01. The molecule has 2 rings (SSSR count). The van der Waals surface area contributed by atoms with E-state index in [4.69, 9.17) is 5.11 Å². The first-order valence-electron chi connectivity index (χ1n) is 6.79. The Morgan fingerprint density at radius 2 is 2.05 bits per heavy atom. The van der Waals surface area contributed by atoms with Gasteiger partial charge in [-0.3, -0.25) is 14.5 Å². The van der Waals surface area contributed by atoms with Gasteiger partial charge >= 0.3 is 5.97 Å². The summed E-state index contributed by atoms with van der Waals surface area (Å²) in [6, 6.07) is 7.67. The Morgan fingerprint density at radius 3 is 2.65 bits per heavy atom. The zero-order chi connectivity index (χ0) is 14.7. The highest BCUT2D eigenvalue weighted by atomic mass is 16.4. The predicted octanol–water partition coefficient (Wildman–Crippen LogP) is 1.51. The molecule has 1 atom stereocenters. The molecule has 0 aromatic heterocycles. The zero-order valence-corrected chi connectivity index (χ0v) is 11.9. The minimum atomic E-state index is -0.835. The first-order chi connectivity index (χ1) is 9.49. The van der Waals surface area contributed by atoms with Gasteiger partial charge < -0.3 is 10.0 Å². The van der Waals surface area contributed by atoms with Crippen molar-refractivity contribution in [3.05, 3.63) is 29.8 Å². The van der Waals surface area contributed by atoms with Gasteiger partial charge in [0.25, 0.3) is 0 Å². The first kappa shape index (κ1) is 14.5. The van der Waals surface area contributed by atoms with Crippen LogP contribution in [0.1, 0.15) is 18.4 Å². The fraction of sp³-hybridized carbons (Fsp3) is 0.467. The fourth-order valence-corrected chi connectivity index (χ4v) is 2.48. The van der Waals surface area contributed by atoms with Crippen molar-refractivity contribution < 1.29 is 14.7 Å². The smallest absolute Gasteiger partial charge is 0.304 e. The minimum absolute atomic E-state index is 0.0572. The summed E-state index contributed by atoms with van der Waals surface area (Å²) in [6.07, 6.45) is 0.799. The molecule has 0 spiro atoms. The van der Waals surface area contributed by atoms with Gasteiger partial charge in [0.15, 0.2) is 0 Å². The summed E-state index contributed by atoms with van der Waals surface area (Å²) in [4.78, 5) is 26.6. The lowest BCUT2D eigenvalue weighted by molar-refractivity contribution is -0.137. The van der Waals surface area contributed by atoms with E-state index < -0.39 is 5.97 Å². The molecular formula is C15H20N2O3. The molecule has 1 saturated heterocycles. The van der Waals surface area contributed by atoms with Crippen LogP contribution in [0.25, 0.3) is 0 Å². The summed E-state index contributed by atoms with van der Waals surface area (Å²) in [7, 11) is 1.81. The number of benzene rings is 1. The number of carbonyl (C=O) groups is 2. The molecule has 20 heavy (non-hydrogen) atoms. The third-order valence-corrected chi connectivity index (χ3v) is 3.73. The number of hydrogen-bond acceptors (Lipinski definition) is 3. The average Bonchev–Trinajstić information content (AvgIpc) is 2.79. The second-order valence-electron chi connectivity index (χ2n) is 5.25. The molecule has 1 aliphatic heterocycles. The van der Waals surface area contributed by atoms with E-state index in [0.717, 1.165) is 17.7 Å². The van der Waals surface area contributed by atoms with Crippen molar-refractivity contribution in [2.24, 2.45) is 0 Å². The van der Waals surface area contributed by atoms with Gasteiger partial charge in [0.1, 0.15) is 0 Å². The largest absolute Gasteiger partial charge is 0.481 e. The highest BCUT2D eigenvalue weighted by molar-refractivity contribution is 5.99. The molecule has 0 bridgehead atoms. The quantitative estimate of drug-likeness (QED) is 0.885. The molecule has 0 aliphatic carbocycles. The summed E-state index contributed by atoms with van der Waals surface area (Å²) >= 11 is 0. The van der Waals surface area contributed by atoms with Crippen LogP contribution in [0.2, 0.25) is 0 Å². The fourth-order valence-electron chi connectivity index (χ4n) is 2.48. The van der Waals surface area contributed by atoms with Gasteiger partial charge in [-0.15, -0.1) is 0 Å². The maximum absolute atomic E-state index is 12.4. The minimum Gasteiger partial charge on any atom is -0.481 e. The van der Waals surface area contributed by atoms with Crippen LogP contribution in [-0.2, 0) is 9.59 Å². The van der Waals surface area contributed by atoms with Crippen LogP contribution in [0.4, 0.5) is 5.69 Å². The topological polar surface area (TPSA) is 60.9 Å². The monoisotopic (exact) mass is 276 g/mol. The summed E-state index contributed by atoms with van der Waals surface area (Å²) in [5.41, 5.74) is 2.07. The lowest BCUT2D eigenvalue weighted by atomic mass is 10.2. The zero-order valence-electron chi connectivity index (χ0n) is 11.9. The summed E-state index contributed by atoms with van der Waals surface area (Å²) in [5.74, 6) is -0.778. The van der Waals surface area contributed by atoms with E-state index in [-0.39, 0.29) is 18.4 Å². The Bertz CT molecular complexity index is 498. The maximum atomic E-state index is 12.4. The van der Waals surface area contributed by atoms with Crippen molar-refractivity contribution in [1.82, 2.24) is 4.90 Å². The number of anilines is 1. The molecule has 0 saturated carbocycles. The van der Waals surface area contributed by atoms with Gasteiger partial charge in [-0.25, -0.2) is 0 Å². The van der Waals surface area contributed by atoms with Gasteiger partial charge in [0, 0.05) is 18.8 Å². The van der Waals surface area contributed by atoms with Gasteiger partial charge in [0.05, 0.1) is 12.5 Å². The SMILES string of the molecule is Cc1ccc(N2CC[C@@H](N(C)CCC(=O)O)C2=O)cc1. The van der Waals surface area contributed by atoms with Crippen molar-refractivity contribution in [2.45, 2.75) is 25.8 Å². The Kier molecular flexibility index (Phi) is 4.39. The number of rotatable bonds is 5. The third kappa shape index (κ3) is 3.17. The van der Waals surface area contributed by atoms with Crippen LogP contribution < -0.4 is 4.90 Å². The van der Waals surface area contributed by atoms with Crippen molar-refractivity contribution in [3.63, 3.8) is 0 Å². The van der Waals surface area contributed by atoms with Gasteiger partial charge in [-0.2, -0.15) is 0 Å². The average molecular weight is 276 g/mol. The molecule has 1 N–H and O–H groups in total. The van der Waals surface area contributed by atoms with Crippen LogP contribution in [0.5, 0.6) is 0 Å². The highest BCUT2D eigenvalue weighted by Crippen LogP contribution is 2.24. The van der Waals surface area contributed by atoms with Crippen molar-refractivity contribution in [2.75, 3.05) is 25.0 Å². The highest BCUT2D eigenvalue weighted by Gasteiger charge is 2.35. The van der Waals surface area contributed by atoms with E-state index in [0.29, 0.717) is 13.1 Å². The van der Waals surface area contributed by atoms with E-state index >= 15 is 0 Å². The maximum Gasteiger partial charge on any atom is 0.304 e. The molecule has 1 amide bonds. The van der Waals surface area contributed by atoms with E-state index in [9.17, 15) is 9.59 Å². The molecule has 108 valence electrons. The van der Waals surface area contributed by atoms with Crippen LogP contribution in [0, 0.1) is 6.92 Å². The second-order valence-corrected chi connectivity index (χ2v) is 5.25. The number of carboxylic acids is 1. The Morgan fingerprint density at radius 1 is 1.40 bits per heavy atom. The van der Waals surface area contributed by atoms with E-state index in [1.165, 1.54) is 0 Å². The van der Waals surface area contributed by atoms with Crippen LogP contribution in [-0.4, -0.2) is 48.1 Å². The summed E-state index contributed by atoms with van der Waals surface area (Å²) < 4.78 is 0. The molecule has 5 nitrogen and oxygen atoms in total. The first-order valence-corrected chi connectivity index (χ1v) is 6.79. The summed E-state index contributed by atoms with van der Waals surface area (Å²) in [5, 5.41) is 8.71. The molecule has 1 fully saturated rings. The van der Waals surface area contributed by atoms with E-state index in [1.54, 1.807) is 4.90 Å². The molecule has 1 heterocycles. The predicted molar refractivity (Wildman–Crippen MR) is 76.8 cm³/mol. The third-order valence-electron chi connectivity index (χ3n) is 3.73. The lowest BCUT2D eigenvalue weighted by Crippen LogP contribution is -2.40. The van der Waals surface area contributed by atoms with Crippen LogP contribution >= 0.6 is 0 Å². The second kappa shape index (κ2) is 6.05. The number of nitrogens with zero attached hydrogens (tertiary/aromatic N) is 2. The normalized spacial score (nSPS) is 18.9. The van der Waals surface area contributed by atoms with E-state index in [1.807, 2.05) is 43.1 Å². The van der Waals surface area contributed by atoms with Crippen molar-refractivity contribution in [3.8, 4) is 0 Å². The number of aryl methyl sites for hydroxylation is 1. The van der Waals surface area contributed by atoms with Crippen LogP contribution in [0.3, 0.4) is 0 Å². The Labute approximate surface area is 118 Å². The number of aliphatic carboxylic acids is 1. The molecule has 0 radical (unpaired) electrons. The number of carbonyl (C=O) groups excluding carboxylic acids is 1. The molecular weight excluding hydrogens is 256 g/mol. The van der Waals surface area contributed by atoms with Crippen molar-refractivity contribution in [1.29, 1.82) is 0 Å². The number of likely N-dealkylation sites (N-methyl/N-ethyl adjacent to an activating group) is 1. The standard InChI is InChI=1S/C15H20N2O3/c1-11-3-5-12(6-4-11)17-10-7-13(15(17)20)16(2)9-8-14(18)19/h3-6,13H,7-10H2,1-2H3,(H,18,19)/t13-/m1/s1. The Hall–Kier alpha value is -1.88. The van der Waals surface area contributed by atoms with Crippen molar-refractivity contribution >= 4 is 17.6 Å².